The van der Waals surface area contributed by atoms with Gasteiger partial charge in [0.25, 0.3) is 0 Å². The number of ether oxygens (including phenoxy) is 1. The van der Waals surface area contributed by atoms with E-state index in [4.69, 9.17) is 4.74 Å². The van der Waals surface area contributed by atoms with Crippen LogP contribution in [-0.2, 0) is 46.3 Å². The molecule has 14 nitrogen and oxygen atoms in total. The van der Waals surface area contributed by atoms with Crippen LogP contribution in [-0.4, -0.2) is 88.3 Å². The van der Waals surface area contributed by atoms with Gasteiger partial charge < -0.3 is 30.8 Å². The molecule has 3 heterocycles. The molecule has 0 radical (unpaired) electrons. The highest BCUT2D eigenvalue weighted by molar-refractivity contribution is 7.99. The standard InChI is InChI=1S/C40H52F3N9O5S/c1-39(2,3)57-38(56)49-31(21-28-12-8-5-9-13-28)34(54)48-32(22-29-23-45-25-46-29)35(55)47-30(20-27-10-6-4-7-11-27)33(53)24-58-37-51-50-36(40(41,42)43)52(37)19-16-26-14-17-44-18-15-26/h5,8-9,12-15,17-18,23,25,27,30-33,53H,4,6-7,10-11,16,19-22,24H2,1-3H3,(H,45,46)(H,47,55)(H,48,54)(H,49,56)/t30-,31-,32-,33-/m0/s1. The van der Waals surface area contributed by atoms with Crippen molar-refractivity contribution in [3.05, 3.63) is 90.0 Å². The molecule has 3 amide bonds. The number of aryl methyl sites for hydroxylation is 1. The molecule has 0 spiro atoms. The molecule has 1 fully saturated rings. The maximum Gasteiger partial charge on any atom is 0.451 e. The van der Waals surface area contributed by atoms with Crippen LogP contribution >= 0.6 is 11.8 Å². The van der Waals surface area contributed by atoms with E-state index in [1.165, 1.54) is 12.5 Å². The average molecular weight is 828 g/mol. The minimum Gasteiger partial charge on any atom is -0.444 e. The zero-order valence-corrected chi connectivity index (χ0v) is 33.7. The van der Waals surface area contributed by atoms with Crippen LogP contribution in [0.4, 0.5) is 18.0 Å². The number of carbonyl (C=O) groups is 3. The molecule has 1 aliphatic rings. The zero-order chi connectivity index (χ0) is 41.7. The Labute approximate surface area is 339 Å². The van der Waals surface area contributed by atoms with Crippen LogP contribution in [0, 0.1) is 5.92 Å². The molecule has 1 saturated carbocycles. The highest BCUT2D eigenvalue weighted by Gasteiger charge is 2.39. The van der Waals surface area contributed by atoms with Gasteiger partial charge in [0.05, 0.1) is 18.5 Å². The summed E-state index contributed by atoms with van der Waals surface area (Å²) in [5.74, 6) is -2.29. The number of benzene rings is 1. The number of aliphatic hydroxyl groups excluding tert-OH is 1. The Bertz CT molecular complexity index is 1890. The number of hydrogen-bond donors (Lipinski definition) is 5. The number of amides is 3. The van der Waals surface area contributed by atoms with Crippen molar-refractivity contribution in [1.29, 1.82) is 0 Å². The predicted molar refractivity (Wildman–Crippen MR) is 210 cm³/mol. The summed E-state index contributed by atoms with van der Waals surface area (Å²) in [7, 11) is 0. The van der Waals surface area contributed by atoms with Crippen LogP contribution in [0.25, 0.3) is 0 Å². The number of H-pyrrole nitrogens is 1. The molecule has 0 aliphatic heterocycles. The molecule has 58 heavy (non-hydrogen) atoms. The quantitative estimate of drug-likeness (QED) is 0.0810. The molecular weight excluding hydrogens is 776 g/mol. The molecule has 1 aromatic carbocycles. The molecular formula is C40H52F3N9O5S. The first-order valence-corrected chi connectivity index (χ1v) is 20.4. The number of aliphatic hydroxyl groups is 1. The first kappa shape index (κ1) is 44.1. The van der Waals surface area contributed by atoms with E-state index in [0.29, 0.717) is 12.1 Å². The number of halogens is 3. The number of aromatic amines is 1. The van der Waals surface area contributed by atoms with E-state index in [1.807, 2.05) is 30.3 Å². The number of alkyl halides is 3. The lowest BCUT2D eigenvalue weighted by Crippen LogP contribution is -2.58. The van der Waals surface area contributed by atoms with Gasteiger partial charge in [0.2, 0.25) is 17.6 Å². The predicted octanol–water partition coefficient (Wildman–Crippen LogP) is 5.43. The maximum atomic E-state index is 14.3. The first-order valence-electron chi connectivity index (χ1n) is 19.5. The molecule has 4 aromatic rings. The van der Waals surface area contributed by atoms with Crippen molar-refractivity contribution in [2.75, 3.05) is 5.75 Å². The molecule has 0 bridgehead atoms. The number of thioether (sulfide) groups is 1. The summed E-state index contributed by atoms with van der Waals surface area (Å²) in [6.45, 7) is 5.05. The van der Waals surface area contributed by atoms with Gasteiger partial charge in [-0.1, -0.05) is 74.2 Å². The second-order valence-electron chi connectivity index (χ2n) is 15.5. The van der Waals surface area contributed by atoms with Gasteiger partial charge in [0.15, 0.2) is 5.16 Å². The number of alkyl carbamates (subject to hydrolysis) is 1. The average Bonchev–Trinajstić information content (AvgIpc) is 3.86. The summed E-state index contributed by atoms with van der Waals surface area (Å²) in [4.78, 5) is 52.1. The minimum absolute atomic E-state index is 0.00383. The highest BCUT2D eigenvalue weighted by atomic mass is 32.2. The Morgan fingerprint density at radius 1 is 0.914 bits per heavy atom. The summed E-state index contributed by atoms with van der Waals surface area (Å²) in [5, 5.41) is 27.4. The Morgan fingerprint density at radius 3 is 2.26 bits per heavy atom. The number of nitrogens with zero attached hydrogens (tertiary/aromatic N) is 5. The Balaban J connectivity index is 1.35. The number of nitrogens with one attached hydrogen (secondary N) is 4. The fraction of sp³-hybridized carbons (Fsp3) is 0.525. The number of aromatic nitrogens is 6. The minimum atomic E-state index is -4.75. The maximum absolute atomic E-state index is 14.3. The lowest BCUT2D eigenvalue weighted by Gasteiger charge is -2.31. The number of carbonyl (C=O) groups excluding carboxylic acids is 3. The molecule has 0 saturated heterocycles. The van der Waals surface area contributed by atoms with Crippen molar-refractivity contribution in [1.82, 2.24) is 45.7 Å². The molecule has 4 atom stereocenters. The van der Waals surface area contributed by atoms with Gasteiger partial charge in [-0.05, 0) is 62.8 Å². The third-order valence-corrected chi connectivity index (χ3v) is 10.8. The van der Waals surface area contributed by atoms with Gasteiger partial charge in [0, 0.05) is 49.4 Å². The van der Waals surface area contributed by atoms with E-state index in [-0.39, 0.29) is 42.6 Å². The van der Waals surface area contributed by atoms with E-state index in [1.54, 1.807) is 45.3 Å². The number of pyridine rings is 1. The topological polar surface area (TPSA) is 189 Å². The van der Waals surface area contributed by atoms with E-state index in [9.17, 15) is 32.7 Å². The summed E-state index contributed by atoms with van der Waals surface area (Å²) in [6, 6.07) is 9.40. The molecule has 3 aromatic heterocycles. The smallest absolute Gasteiger partial charge is 0.444 e. The number of imidazole rings is 1. The lowest BCUT2D eigenvalue weighted by atomic mass is 9.83. The van der Waals surface area contributed by atoms with Gasteiger partial charge in [-0.3, -0.25) is 19.1 Å². The summed E-state index contributed by atoms with van der Waals surface area (Å²) < 4.78 is 48.5. The third-order valence-electron chi connectivity index (χ3n) is 9.73. The molecule has 314 valence electrons. The summed E-state index contributed by atoms with van der Waals surface area (Å²) in [6.07, 6.45) is 5.01. The SMILES string of the molecule is CC(C)(C)OC(=O)N[C@@H](Cc1ccccc1)C(=O)N[C@@H](Cc1cnc[nH]1)C(=O)N[C@@H](CC1CCCCC1)[C@@H](O)CSc1nnc(C(F)(F)F)n1CCc1ccncc1. The van der Waals surface area contributed by atoms with Crippen molar-refractivity contribution in [2.24, 2.45) is 5.92 Å². The van der Waals surface area contributed by atoms with Crippen molar-refractivity contribution < 1.29 is 37.4 Å². The van der Waals surface area contributed by atoms with Crippen LogP contribution < -0.4 is 16.0 Å². The van der Waals surface area contributed by atoms with Gasteiger partial charge >= 0.3 is 12.3 Å². The third kappa shape index (κ3) is 13.9. The highest BCUT2D eigenvalue weighted by Crippen LogP contribution is 2.32. The van der Waals surface area contributed by atoms with E-state index in [2.05, 4.69) is 41.1 Å². The number of rotatable bonds is 18. The van der Waals surface area contributed by atoms with Crippen LogP contribution in [0.15, 0.2) is 72.5 Å². The van der Waals surface area contributed by atoms with Crippen LogP contribution in [0.3, 0.4) is 0 Å². The van der Waals surface area contributed by atoms with Crippen LogP contribution in [0.5, 0.6) is 0 Å². The number of hydrogen-bond acceptors (Lipinski definition) is 10. The van der Waals surface area contributed by atoms with E-state index >= 15 is 0 Å². The normalized spacial score (nSPS) is 15.8. The van der Waals surface area contributed by atoms with Crippen molar-refractivity contribution in [3.8, 4) is 0 Å². The monoisotopic (exact) mass is 827 g/mol. The largest absolute Gasteiger partial charge is 0.451 e. The molecule has 5 N–H and O–H groups in total. The van der Waals surface area contributed by atoms with Gasteiger partial charge in [-0.2, -0.15) is 13.2 Å². The van der Waals surface area contributed by atoms with Crippen LogP contribution in [0.1, 0.15) is 81.9 Å². The lowest BCUT2D eigenvalue weighted by molar-refractivity contribution is -0.147. The van der Waals surface area contributed by atoms with Crippen molar-refractivity contribution >= 4 is 29.7 Å². The van der Waals surface area contributed by atoms with Crippen LogP contribution in [0.2, 0.25) is 0 Å². The Kier molecular flexibility index (Phi) is 15.7. The summed E-state index contributed by atoms with van der Waals surface area (Å²) in [5.41, 5.74) is 1.26. The van der Waals surface area contributed by atoms with Crippen molar-refractivity contribution in [3.63, 3.8) is 0 Å². The molecule has 0 unspecified atom stereocenters. The van der Waals surface area contributed by atoms with E-state index < -0.39 is 59.7 Å². The van der Waals surface area contributed by atoms with Gasteiger partial charge in [-0.15, -0.1) is 10.2 Å². The van der Waals surface area contributed by atoms with Gasteiger partial charge in [-0.25, -0.2) is 9.78 Å². The zero-order valence-electron chi connectivity index (χ0n) is 32.9. The van der Waals surface area contributed by atoms with Gasteiger partial charge in [0.1, 0.15) is 17.7 Å². The molecule has 18 heteroatoms. The molecule has 5 rings (SSSR count). The molecule has 1 aliphatic carbocycles. The Morgan fingerprint density at radius 2 is 1.60 bits per heavy atom. The second-order valence-corrected chi connectivity index (χ2v) is 16.5. The van der Waals surface area contributed by atoms with Crippen molar-refractivity contribution in [2.45, 2.75) is 126 Å². The first-order chi connectivity index (χ1) is 27.6. The van der Waals surface area contributed by atoms with E-state index in [0.717, 1.165) is 59.6 Å². The second kappa shape index (κ2) is 20.6. The fourth-order valence-corrected chi connectivity index (χ4v) is 7.84. The summed E-state index contributed by atoms with van der Waals surface area (Å²) >= 11 is 0.922. The Hall–Kier alpha value is -4.97. The fourth-order valence-electron chi connectivity index (χ4n) is 6.86.